The lowest BCUT2D eigenvalue weighted by atomic mass is 10.0. The van der Waals surface area contributed by atoms with Crippen molar-refractivity contribution in [3.05, 3.63) is 41.5 Å². The number of aliphatic hydroxyl groups excluding tert-OH is 2. The third-order valence-electron chi connectivity index (χ3n) is 3.77. The fraction of sp³-hybridized carbons (Fsp3) is 0.389. The van der Waals surface area contributed by atoms with Crippen LogP contribution in [0.5, 0.6) is 11.5 Å². The van der Waals surface area contributed by atoms with Gasteiger partial charge in [-0.1, -0.05) is 24.3 Å². The van der Waals surface area contributed by atoms with Crippen LogP contribution in [0.15, 0.2) is 30.4 Å². The van der Waals surface area contributed by atoms with Crippen molar-refractivity contribution >= 4 is 12.0 Å². The molecule has 6 heteroatoms. The Labute approximate surface area is 140 Å². The molecule has 130 valence electrons. The van der Waals surface area contributed by atoms with Gasteiger partial charge >= 0.3 is 5.97 Å². The topological polar surface area (TPSA) is 107 Å². The van der Waals surface area contributed by atoms with Crippen molar-refractivity contribution in [2.45, 2.75) is 44.5 Å². The van der Waals surface area contributed by atoms with Crippen molar-refractivity contribution in [3.63, 3.8) is 0 Å². The molecule has 2 rings (SSSR count). The van der Waals surface area contributed by atoms with Gasteiger partial charge in [-0.05, 0) is 31.4 Å². The summed E-state index contributed by atoms with van der Waals surface area (Å²) in [7, 11) is 0. The Balaban J connectivity index is 2.36. The van der Waals surface area contributed by atoms with Crippen molar-refractivity contribution in [1.82, 2.24) is 0 Å². The Morgan fingerprint density at radius 3 is 2.67 bits per heavy atom. The molecular weight excluding hydrogens is 312 g/mol. The summed E-state index contributed by atoms with van der Waals surface area (Å²) in [6.45, 7) is 1.68. The Bertz CT molecular complexity index is 649. The molecule has 0 aromatic heterocycles. The number of phenolic OH excluding ortho intramolecular Hbond substituents is 2. The van der Waals surface area contributed by atoms with Crippen LogP contribution in [0.25, 0.3) is 6.08 Å². The number of esters is 1. The van der Waals surface area contributed by atoms with Gasteiger partial charge in [-0.3, -0.25) is 0 Å². The number of aromatic hydroxyl groups is 2. The molecule has 0 bridgehead atoms. The van der Waals surface area contributed by atoms with Gasteiger partial charge in [0.15, 0.2) is 0 Å². The molecule has 24 heavy (non-hydrogen) atoms. The Morgan fingerprint density at radius 1 is 1.17 bits per heavy atom. The average molecular weight is 334 g/mol. The first kappa shape index (κ1) is 18.0. The van der Waals surface area contributed by atoms with Gasteiger partial charge in [0.05, 0.1) is 12.2 Å². The van der Waals surface area contributed by atoms with E-state index in [-0.39, 0.29) is 17.1 Å². The molecule has 1 aliphatic heterocycles. The highest BCUT2D eigenvalue weighted by Crippen LogP contribution is 2.29. The number of fused-ring (bicyclic) bond motifs is 1. The van der Waals surface area contributed by atoms with Crippen LogP contribution in [0.4, 0.5) is 0 Å². The maximum absolute atomic E-state index is 12.3. The van der Waals surface area contributed by atoms with Crippen LogP contribution < -0.4 is 0 Å². The minimum atomic E-state index is -0.982. The lowest BCUT2D eigenvalue weighted by Gasteiger charge is -2.16. The van der Waals surface area contributed by atoms with Crippen LogP contribution in [-0.2, 0) is 4.74 Å². The van der Waals surface area contributed by atoms with Crippen LogP contribution in [-0.4, -0.2) is 44.7 Å². The Kier molecular flexibility index (Phi) is 6.00. The van der Waals surface area contributed by atoms with E-state index in [9.17, 15) is 25.2 Å². The van der Waals surface area contributed by atoms with Gasteiger partial charge in [-0.25, -0.2) is 4.79 Å². The van der Waals surface area contributed by atoms with Crippen molar-refractivity contribution < 1.29 is 30.0 Å². The summed E-state index contributed by atoms with van der Waals surface area (Å²) in [6, 6.07) is 2.44. The van der Waals surface area contributed by atoms with Crippen LogP contribution in [0, 0.1) is 0 Å². The van der Waals surface area contributed by atoms with Crippen LogP contribution in [0.2, 0.25) is 0 Å². The summed E-state index contributed by atoms with van der Waals surface area (Å²) in [4.78, 5) is 12.3. The Hall–Kier alpha value is -2.31. The first-order valence-corrected chi connectivity index (χ1v) is 7.84. The first-order chi connectivity index (χ1) is 11.4. The van der Waals surface area contributed by atoms with E-state index in [0.717, 1.165) is 6.07 Å². The van der Waals surface area contributed by atoms with Gasteiger partial charge in [0, 0.05) is 12.5 Å². The summed E-state index contributed by atoms with van der Waals surface area (Å²) in [6.07, 6.45) is 5.18. The van der Waals surface area contributed by atoms with Gasteiger partial charge in [0.25, 0.3) is 0 Å². The van der Waals surface area contributed by atoms with E-state index in [1.165, 1.54) is 12.1 Å². The number of hydrogen-bond donors (Lipinski definition) is 4. The molecule has 1 aromatic rings. The zero-order valence-corrected chi connectivity index (χ0v) is 13.4. The van der Waals surface area contributed by atoms with Crippen molar-refractivity contribution in [2.24, 2.45) is 0 Å². The quantitative estimate of drug-likeness (QED) is 0.428. The molecule has 0 spiro atoms. The van der Waals surface area contributed by atoms with E-state index in [1.807, 2.05) is 0 Å². The summed E-state index contributed by atoms with van der Waals surface area (Å²) < 4.78 is 5.29. The number of cyclic esters (lactones) is 1. The van der Waals surface area contributed by atoms with E-state index in [0.29, 0.717) is 24.8 Å². The summed E-state index contributed by atoms with van der Waals surface area (Å²) >= 11 is 0. The predicted molar refractivity (Wildman–Crippen MR) is 88.7 cm³/mol. The molecule has 0 amide bonds. The summed E-state index contributed by atoms with van der Waals surface area (Å²) in [5.74, 6) is -1.22. The number of allylic oxidation sites excluding steroid dienone is 1. The van der Waals surface area contributed by atoms with Crippen LogP contribution in [0.1, 0.15) is 42.1 Å². The second-order valence-electron chi connectivity index (χ2n) is 5.85. The second kappa shape index (κ2) is 7.99. The highest BCUT2D eigenvalue weighted by Gasteiger charge is 2.20. The molecule has 1 heterocycles. The third kappa shape index (κ3) is 4.59. The van der Waals surface area contributed by atoms with E-state index in [2.05, 4.69) is 0 Å². The molecule has 0 aliphatic carbocycles. The lowest BCUT2D eigenvalue weighted by molar-refractivity contribution is 0.0337. The monoisotopic (exact) mass is 334 g/mol. The fourth-order valence-corrected chi connectivity index (χ4v) is 2.46. The van der Waals surface area contributed by atoms with Crippen molar-refractivity contribution in [1.29, 1.82) is 0 Å². The fourth-order valence-electron chi connectivity index (χ4n) is 2.46. The van der Waals surface area contributed by atoms with Crippen molar-refractivity contribution in [3.8, 4) is 11.5 Å². The number of carbonyl (C=O) groups excluding carboxylic acids is 1. The molecular formula is C18H22O6. The minimum absolute atomic E-state index is 0.0162. The molecule has 1 aromatic carbocycles. The second-order valence-corrected chi connectivity index (χ2v) is 5.85. The third-order valence-corrected chi connectivity index (χ3v) is 3.77. The van der Waals surface area contributed by atoms with Crippen molar-refractivity contribution in [2.75, 3.05) is 0 Å². The molecule has 3 atom stereocenters. The van der Waals surface area contributed by atoms with Crippen LogP contribution in [0.3, 0.4) is 0 Å². The number of hydrogen-bond acceptors (Lipinski definition) is 6. The normalized spacial score (nSPS) is 28.3. The number of carbonyl (C=O) groups is 1. The minimum Gasteiger partial charge on any atom is -0.508 e. The molecule has 0 unspecified atom stereocenters. The highest BCUT2D eigenvalue weighted by atomic mass is 16.5. The zero-order chi connectivity index (χ0) is 17.7. The maximum atomic E-state index is 12.3. The van der Waals surface area contributed by atoms with Gasteiger partial charge in [-0.2, -0.15) is 0 Å². The zero-order valence-electron chi connectivity index (χ0n) is 13.4. The smallest absolute Gasteiger partial charge is 0.342 e. The van der Waals surface area contributed by atoms with Gasteiger partial charge in [0.1, 0.15) is 23.2 Å². The number of ether oxygens (including phenoxy) is 1. The summed E-state index contributed by atoms with van der Waals surface area (Å²) in [5.41, 5.74) is 0.310. The molecule has 0 radical (unpaired) electrons. The van der Waals surface area contributed by atoms with Gasteiger partial charge in [-0.15, -0.1) is 0 Å². The largest absolute Gasteiger partial charge is 0.508 e. The van der Waals surface area contributed by atoms with Gasteiger partial charge in [0.2, 0.25) is 0 Å². The molecule has 6 nitrogen and oxygen atoms in total. The maximum Gasteiger partial charge on any atom is 0.342 e. The Morgan fingerprint density at radius 2 is 1.92 bits per heavy atom. The molecule has 1 aliphatic rings. The first-order valence-electron chi connectivity index (χ1n) is 7.84. The van der Waals surface area contributed by atoms with E-state index in [1.54, 1.807) is 25.2 Å². The standard InChI is InChI=1S/C18H22O6/c1-11-5-4-8-15(21)14(20)7-3-2-6-12-9-13(19)10-16(22)17(12)18(23)24-11/h2,4,6,8-11,14-15,19-22H,3,5,7H2,1H3/b6-2+,8-4+/t11-,14-,15+/m0/s1. The molecule has 0 fully saturated rings. The number of aliphatic hydroxyl groups is 2. The van der Waals surface area contributed by atoms with E-state index < -0.39 is 24.3 Å². The average Bonchev–Trinajstić information content (AvgIpc) is 2.49. The SMILES string of the molecule is C[C@H]1C/C=C/[C@@H](O)[C@@H](O)CC/C=C/c2cc(O)cc(O)c2C(=O)O1. The molecule has 0 saturated heterocycles. The van der Waals surface area contributed by atoms with E-state index in [4.69, 9.17) is 4.74 Å². The number of rotatable bonds is 0. The van der Waals surface area contributed by atoms with E-state index >= 15 is 0 Å². The van der Waals surface area contributed by atoms with Gasteiger partial charge < -0.3 is 25.2 Å². The molecule has 4 N–H and O–H groups in total. The molecule has 0 saturated carbocycles. The summed E-state index contributed by atoms with van der Waals surface area (Å²) in [5, 5.41) is 39.3. The number of phenols is 2. The number of benzene rings is 1. The highest BCUT2D eigenvalue weighted by molar-refractivity contribution is 5.97. The lowest BCUT2D eigenvalue weighted by Crippen LogP contribution is -2.23. The van der Waals surface area contributed by atoms with Crippen LogP contribution >= 0.6 is 0 Å². The predicted octanol–water partition coefficient (Wildman–Crippen LogP) is 2.12.